The maximum Gasteiger partial charge on any atom is 0.146 e. The fourth-order valence-corrected chi connectivity index (χ4v) is 3.28. The van der Waals surface area contributed by atoms with Crippen LogP contribution >= 0.6 is 0 Å². The van der Waals surface area contributed by atoms with Crippen molar-refractivity contribution >= 4 is 17.3 Å². The summed E-state index contributed by atoms with van der Waals surface area (Å²) in [6.45, 7) is 6.54. The number of aliphatic imine (C=N–C) groups is 1. The number of amidine groups is 1. The van der Waals surface area contributed by atoms with Crippen LogP contribution in [0.4, 0.5) is 11.5 Å². The molecule has 0 saturated carbocycles. The molecular formula is C19H23N5O. The summed E-state index contributed by atoms with van der Waals surface area (Å²) in [5.41, 5.74) is 0.986. The predicted octanol–water partition coefficient (Wildman–Crippen LogP) is 2.45. The number of pyridine rings is 1. The Morgan fingerprint density at radius 1 is 1.08 bits per heavy atom. The first-order valence-electron chi connectivity index (χ1n) is 8.75. The van der Waals surface area contributed by atoms with Gasteiger partial charge < -0.3 is 15.0 Å². The van der Waals surface area contributed by atoms with Crippen LogP contribution in [-0.2, 0) is 0 Å². The van der Waals surface area contributed by atoms with Crippen molar-refractivity contribution in [3.63, 3.8) is 0 Å². The van der Waals surface area contributed by atoms with Crippen molar-refractivity contribution in [1.29, 1.82) is 0 Å². The van der Waals surface area contributed by atoms with E-state index in [2.05, 4.69) is 33.1 Å². The van der Waals surface area contributed by atoms with Gasteiger partial charge in [0.15, 0.2) is 0 Å². The minimum atomic E-state index is 0.127. The maximum absolute atomic E-state index is 5.77. The first kappa shape index (κ1) is 15.9. The largest absolute Gasteiger partial charge is 0.484 e. The summed E-state index contributed by atoms with van der Waals surface area (Å²) in [6, 6.07) is 14.0. The first-order valence-corrected chi connectivity index (χ1v) is 8.75. The lowest BCUT2D eigenvalue weighted by molar-refractivity contribution is 0.201. The maximum atomic E-state index is 5.77. The third kappa shape index (κ3) is 3.58. The molecule has 25 heavy (non-hydrogen) atoms. The van der Waals surface area contributed by atoms with Gasteiger partial charge in [0.05, 0.1) is 5.69 Å². The SMILES string of the molecule is CC(/N=C1/COc2ccccc2N1)N1CCN(c2ccccn2)CC1. The monoisotopic (exact) mass is 337 g/mol. The number of nitrogens with zero attached hydrogens (tertiary/aromatic N) is 4. The Balaban J connectivity index is 1.36. The summed E-state index contributed by atoms with van der Waals surface area (Å²) in [7, 11) is 0. The van der Waals surface area contributed by atoms with E-state index in [0.29, 0.717) is 6.61 Å². The van der Waals surface area contributed by atoms with E-state index in [1.807, 2.05) is 42.6 Å². The van der Waals surface area contributed by atoms with Crippen molar-refractivity contribution in [3.05, 3.63) is 48.7 Å². The van der Waals surface area contributed by atoms with Gasteiger partial charge in [0.25, 0.3) is 0 Å². The summed E-state index contributed by atoms with van der Waals surface area (Å²) in [6.07, 6.45) is 1.98. The number of nitrogens with one attached hydrogen (secondary N) is 1. The summed E-state index contributed by atoms with van der Waals surface area (Å²) < 4.78 is 5.77. The second-order valence-electron chi connectivity index (χ2n) is 6.33. The lowest BCUT2D eigenvalue weighted by Gasteiger charge is -2.37. The molecule has 130 valence electrons. The van der Waals surface area contributed by atoms with Crippen LogP contribution in [0.3, 0.4) is 0 Å². The number of ether oxygens (including phenoxy) is 1. The topological polar surface area (TPSA) is 53.0 Å². The second-order valence-corrected chi connectivity index (χ2v) is 6.33. The van der Waals surface area contributed by atoms with Gasteiger partial charge in [-0.1, -0.05) is 18.2 Å². The fourth-order valence-electron chi connectivity index (χ4n) is 3.28. The van der Waals surface area contributed by atoms with E-state index in [9.17, 15) is 0 Å². The van der Waals surface area contributed by atoms with E-state index in [-0.39, 0.29) is 6.17 Å². The van der Waals surface area contributed by atoms with E-state index in [4.69, 9.17) is 9.73 Å². The van der Waals surface area contributed by atoms with Crippen molar-refractivity contribution in [2.75, 3.05) is 43.0 Å². The van der Waals surface area contributed by atoms with Crippen LogP contribution in [0.2, 0.25) is 0 Å². The van der Waals surface area contributed by atoms with Crippen LogP contribution in [0.1, 0.15) is 6.92 Å². The van der Waals surface area contributed by atoms with Gasteiger partial charge in [-0.3, -0.25) is 9.89 Å². The Bertz CT molecular complexity index is 740. The summed E-state index contributed by atoms with van der Waals surface area (Å²) in [4.78, 5) is 14.0. The summed E-state index contributed by atoms with van der Waals surface area (Å²) >= 11 is 0. The van der Waals surface area contributed by atoms with E-state index in [0.717, 1.165) is 49.3 Å². The first-order chi connectivity index (χ1) is 12.3. The van der Waals surface area contributed by atoms with Gasteiger partial charge in [0.1, 0.15) is 30.2 Å². The average molecular weight is 337 g/mol. The Kier molecular flexibility index (Phi) is 4.52. The zero-order valence-electron chi connectivity index (χ0n) is 14.4. The standard InChI is InChI=1S/C19H23N5O/c1-15(21-18-14-25-17-7-3-2-6-16(17)22-18)23-10-12-24(13-11-23)19-8-4-5-9-20-19/h2-9,15H,10-14H2,1H3,(H,21,22). The van der Waals surface area contributed by atoms with E-state index in [1.165, 1.54) is 0 Å². The van der Waals surface area contributed by atoms with Crippen LogP contribution in [0, 0.1) is 0 Å². The van der Waals surface area contributed by atoms with Crippen molar-refractivity contribution in [1.82, 2.24) is 9.88 Å². The van der Waals surface area contributed by atoms with Gasteiger partial charge in [-0.15, -0.1) is 0 Å². The Hall–Kier alpha value is -2.60. The Morgan fingerprint density at radius 2 is 1.88 bits per heavy atom. The minimum absolute atomic E-state index is 0.127. The number of anilines is 2. The molecule has 4 rings (SSSR count). The zero-order chi connectivity index (χ0) is 17.1. The molecule has 0 aliphatic carbocycles. The van der Waals surface area contributed by atoms with Crippen molar-refractivity contribution < 1.29 is 4.74 Å². The molecule has 0 bridgehead atoms. The van der Waals surface area contributed by atoms with E-state index < -0.39 is 0 Å². The van der Waals surface area contributed by atoms with Crippen LogP contribution in [0.25, 0.3) is 0 Å². The molecule has 1 fully saturated rings. The third-order valence-corrected chi connectivity index (χ3v) is 4.69. The highest BCUT2D eigenvalue weighted by molar-refractivity contribution is 5.99. The Labute approximate surface area is 148 Å². The van der Waals surface area contributed by atoms with E-state index in [1.54, 1.807) is 0 Å². The minimum Gasteiger partial charge on any atom is -0.484 e. The van der Waals surface area contributed by atoms with Crippen molar-refractivity contribution in [2.24, 2.45) is 4.99 Å². The van der Waals surface area contributed by atoms with Crippen LogP contribution < -0.4 is 15.0 Å². The number of piperazine rings is 1. The number of para-hydroxylation sites is 2. The van der Waals surface area contributed by atoms with Crippen LogP contribution in [-0.4, -0.2) is 54.7 Å². The molecule has 0 amide bonds. The van der Waals surface area contributed by atoms with Crippen molar-refractivity contribution in [2.45, 2.75) is 13.1 Å². The van der Waals surface area contributed by atoms with Gasteiger partial charge in [-0.2, -0.15) is 0 Å². The molecule has 6 nitrogen and oxygen atoms in total. The fraction of sp³-hybridized carbons (Fsp3) is 0.368. The molecule has 1 unspecified atom stereocenters. The average Bonchev–Trinajstić information content (AvgIpc) is 2.69. The van der Waals surface area contributed by atoms with Gasteiger partial charge in [0.2, 0.25) is 0 Å². The van der Waals surface area contributed by atoms with Gasteiger partial charge in [0, 0.05) is 32.4 Å². The van der Waals surface area contributed by atoms with Gasteiger partial charge in [-0.25, -0.2) is 4.98 Å². The number of hydrogen-bond acceptors (Lipinski definition) is 5. The van der Waals surface area contributed by atoms with Gasteiger partial charge in [-0.05, 0) is 31.2 Å². The third-order valence-electron chi connectivity index (χ3n) is 4.69. The highest BCUT2D eigenvalue weighted by atomic mass is 16.5. The molecule has 0 spiro atoms. The highest BCUT2D eigenvalue weighted by Crippen LogP contribution is 2.26. The molecule has 0 radical (unpaired) electrons. The zero-order valence-corrected chi connectivity index (χ0v) is 14.4. The molecule has 2 aliphatic rings. The molecule has 1 atom stereocenters. The molecule has 3 heterocycles. The number of rotatable bonds is 3. The number of aromatic nitrogens is 1. The molecule has 6 heteroatoms. The smallest absolute Gasteiger partial charge is 0.146 e. The molecule has 2 aromatic rings. The summed E-state index contributed by atoms with van der Waals surface area (Å²) in [5.74, 6) is 2.83. The lowest BCUT2D eigenvalue weighted by atomic mass is 10.2. The van der Waals surface area contributed by atoms with E-state index >= 15 is 0 Å². The normalized spacial score (nSPS) is 20.5. The van der Waals surface area contributed by atoms with Crippen molar-refractivity contribution in [3.8, 4) is 5.75 Å². The molecule has 2 aliphatic heterocycles. The number of hydrogen-bond donors (Lipinski definition) is 1. The molecule has 1 saturated heterocycles. The second kappa shape index (κ2) is 7.11. The molecule has 1 aromatic carbocycles. The quantitative estimate of drug-likeness (QED) is 0.932. The number of fused-ring (bicyclic) bond motifs is 1. The predicted molar refractivity (Wildman–Crippen MR) is 100 cm³/mol. The van der Waals surface area contributed by atoms with Gasteiger partial charge >= 0.3 is 0 Å². The molecule has 1 aromatic heterocycles. The summed E-state index contributed by atoms with van der Waals surface area (Å²) in [5, 5.41) is 3.38. The van der Waals surface area contributed by atoms with Crippen LogP contribution in [0.5, 0.6) is 5.75 Å². The van der Waals surface area contributed by atoms with Crippen LogP contribution in [0.15, 0.2) is 53.7 Å². The lowest BCUT2D eigenvalue weighted by Crippen LogP contribution is -2.49. The Morgan fingerprint density at radius 3 is 2.68 bits per heavy atom. The molecular weight excluding hydrogens is 314 g/mol. The number of benzene rings is 1. The highest BCUT2D eigenvalue weighted by Gasteiger charge is 2.22. The molecule has 1 N–H and O–H groups in total.